The maximum atomic E-state index is 13.7. The lowest BCUT2D eigenvalue weighted by Crippen LogP contribution is -2.46. The van der Waals surface area contributed by atoms with Gasteiger partial charge in [-0.1, -0.05) is 20.8 Å². The molecule has 4 heteroatoms. The third kappa shape index (κ3) is 4.80. The van der Waals surface area contributed by atoms with Gasteiger partial charge in [0.05, 0.1) is 0 Å². The van der Waals surface area contributed by atoms with Crippen molar-refractivity contribution in [3.05, 3.63) is 29.6 Å². The van der Waals surface area contributed by atoms with Gasteiger partial charge in [0.25, 0.3) is 0 Å². The summed E-state index contributed by atoms with van der Waals surface area (Å²) in [5.74, 6) is 0.514. The molecule has 122 valence electrons. The number of ketones is 1. The Balaban J connectivity index is 1.89. The molecule has 0 aliphatic heterocycles. The Bertz CT molecular complexity index is 510. The minimum absolute atomic E-state index is 0.0299. The fourth-order valence-electron chi connectivity index (χ4n) is 2.70. The standard InChI is InChI=1S/C18H26FNO2/c1-4-20-15-10-17(11-15)22-16-8-13(7-14(19)9-16)5-6-18(21)12(2)3/h7-9,12,15,17,20H,4-6,10-11H2,1-3H3. The highest BCUT2D eigenvalue weighted by Gasteiger charge is 2.30. The first-order valence-corrected chi connectivity index (χ1v) is 8.20. The third-order valence-corrected chi connectivity index (χ3v) is 4.13. The summed E-state index contributed by atoms with van der Waals surface area (Å²) in [7, 11) is 0. The van der Waals surface area contributed by atoms with Crippen molar-refractivity contribution in [1.29, 1.82) is 0 Å². The van der Waals surface area contributed by atoms with Crippen molar-refractivity contribution in [2.45, 2.75) is 58.6 Å². The summed E-state index contributed by atoms with van der Waals surface area (Å²) in [5.41, 5.74) is 0.826. The Kier molecular flexibility index (Phi) is 5.95. The molecule has 1 saturated carbocycles. The molecule has 1 aliphatic rings. The Hall–Kier alpha value is -1.42. The van der Waals surface area contributed by atoms with Crippen LogP contribution in [-0.2, 0) is 11.2 Å². The zero-order valence-electron chi connectivity index (χ0n) is 13.7. The first kappa shape index (κ1) is 16.9. The van der Waals surface area contributed by atoms with E-state index >= 15 is 0 Å². The largest absolute Gasteiger partial charge is 0.490 e. The van der Waals surface area contributed by atoms with Crippen molar-refractivity contribution in [3.8, 4) is 5.75 Å². The van der Waals surface area contributed by atoms with Crippen molar-refractivity contribution in [1.82, 2.24) is 5.32 Å². The molecule has 0 radical (unpaired) electrons. The highest BCUT2D eigenvalue weighted by molar-refractivity contribution is 5.80. The van der Waals surface area contributed by atoms with E-state index < -0.39 is 0 Å². The first-order chi connectivity index (χ1) is 10.5. The van der Waals surface area contributed by atoms with Gasteiger partial charge in [-0.2, -0.15) is 0 Å². The molecule has 0 atom stereocenters. The summed E-state index contributed by atoms with van der Waals surface area (Å²) in [6.07, 6.45) is 3.11. The lowest BCUT2D eigenvalue weighted by Gasteiger charge is -2.35. The highest BCUT2D eigenvalue weighted by atomic mass is 19.1. The molecule has 0 aromatic heterocycles. The number of hydrogen-bond donors (Lipinski definition) is 1. The maximum Gasteiger partial charge on any atom is 0.135 e. The summed E-state index contributed by atoms with van der Waals surface area (Å²) < 4.78 is 19.5. The predicted molar refractivity (Wildman–Crippen MR) is 85.7 cm³/mol. The second kappa shape index (κ2) is 7.73. The number of nitrogens with one attached hydrogen (secondary N) is 1. The van der Waals surface area contributed by atoms with Gasteiger partial charge in [0.1, 0.15) is 23.5 Å². The molecule has 1 fully saturated rings. The molecule has 0 saturated heterocycles. The SMILES string of the molecule is CCNC1CC(Oc2cc(F)cc(CCC(=O)C(C)C)c2)C1. The van der Waals surface area contributed by atoms with Gasteiger partial charge in [0.2, 0.25) is 0 Å². The zero-order chi connectivity index (χ0) is 16.1. The summed E-state index contributed by atoms with van der Waals surface area (Å²) in [6.45, 7) is 6.83. The van der Waals surface area contributed by atoms with Crippen LogP contribution in [0.3, 0.4) is 0 Å². The van der Waals surface area contributed by atoms with Crippen molar-refractivity contribution < 1.29 is 13.9 Å². The Labute approximate surface area is 132 Å². The number of halogens is 1. The summed E-state index contributed by atoms with van der Waals surface area (Å²) in [4.78, 5) is 11.7. The van der Waals surface area contributed by atoms with Crippen LogP contribution in [0, 0.1) is 11.7 Å². The molecule has 1 aromatic carbocycles. The maximum absolute atomic E-state index is 13.7. The second-order valence-electron chi connectivity index (χ2n) is 6.38. The van der Waals surface area contributed by atoms with E-state index in [-0.39, 0.29) is 23.6 Å². The molecule has 1 aromatic rings. The topological polar surface area (TPSA) is 38.3 Å². The second-order valence-corrected chi connectivity index (χ2v) is 6.38. The van der Waals surface area contributed by atoms with Gasteiger partial charge >= 0.3 is 0 Å². The number of Topliss-reactive ketones (excluding diaryl/α,β-unsaturated/α-hetero) is 1. The smallest absolute Gasteiger partial charge is 0.135 e. The Morgan fingerprint density at radius 3 is 2.73 bits per heavy atom. The van der Waals surface area contributed by atoms with E-state index in [1.165, 1.54) is 12.1 Å². The van der Waals surface area contributed by atoms with Gasteiger partial charge in [-0.15, -0.1) is 0 Å². The van der Waals surface area contributed by atoms with Gasteiger partial charge < -0.3 is 10.1 Å². The minimum Gasteiger partial charge on any atom is -0.490 e. The molecule has 1 aliphatic carbocycles. The third-order valence-electron chi connectivity index (χ3n) is 4.13. The lowest BCUT2D eigenvalue weighted by atomic mass is 9.89. The molecular formula is C18H26FNO2. The van der Waals surface area contributed by atoms with Crippen molar-refractivity contribution >= 4 is 5.78 Å². The lowest BCUT2D eigenvalue weighted by molar-refractivity contribution is -0.121. The van der Waals surface area contributed by atoms with E-state index in [1.807, 2.05) is 19.9 Å². The van der Waals surface area contributed by atoms with Gasteiger partial charge in [-0.25, -0.2) is 4.39 Å². The van der Waals surface area contributed by atoms with Gasteiger partial charge in [0, 0.05) is 24.4 Å². The quantitative estimate of drug-likeness (QED) is 0.799. The summed E-state index contributed by atoms with van der Waals surface area (Å²) in [6, 6.07) is 5.29. The van der Waals surface area contributed by atoms with Crippen LogP contribution in [0.4, 0.5) is 4.39 Å². The Morgan fingerprint density at radius 2 is 2.09 bits per heavy atom. The minimum atomic E-state index is -0.299. The van der Waals surface area contributed by atoms with Crippen LogP contribution in [0.2, 0.25) is 0 Å². The highest BCUT2D eigenvalue weighted by Crippen LogP contribution is 2.27. The molecule has 0 unspecified atom stereocenters. The van der Waals surface area contributed by atoms with E-state index in [1.54, 1.807) is 0 Å². The van der Waals surface area contributed by atoms with Crippen molar-refractivity contribution in [3.63, 3.8) is 0 Å². The van der Waals surface area contributed by atoms with E-state index in [9.17, 15) is 9.18 Å². The number of ether oxygens (including phenoxy) is 1. The number of benzene rings is 1. The van der Waals surface area contributed by atoms with Crippen LogP contribution in [0.1, 0.15) is 45.6 Å². The average molecular weight is 307 g/mol. The fraction of sp³-hybridized carbons (Fsp3) is 0.611. The molecule has 22 heavy (non-hydrogen) atoms. The van der Waals surface area contributed by atoms with E-state index in [0.29, 0.717) is 24.6 Å². The number of rotatable bonds is 8. The van der Waals surface area contributed by atoms with Crippen molar-refractivity contribution in [2.75, 3.05) is 6.54 Å². The van der Waals surface area contributed by atoms with E-state index in [0.717, 1.165) is 24.9 Å². The monoisotopic (exact) mass is 307 g/mol. The first-order valence-electron chi connectivity index (χ1n) is 8.20. The molecule has 0 amide bonds. The molecule has 3 nitrogen and oxygen atoms in total. The number of aryl methyl sites for hydroxylation is 1. The van der Waals surface area contributed by atoms with Crippen LogP contribution in [-0.4, -0.2) is 24.5 Å². The van der Waals surface area contributed by atoms with Crippen LogP contribution >= 0.6 is 0 Å². The molecule has 0 spiro atoms. The normalized spacial score (nSPS) is 20.8. The summed E-state index contributed by atoms with van der Waals surface area (Å²) in [5, 5.41) is 3.37. The fourth-order valence-corrected chi connectivity index (χ4v) is 2.70. The van der Waals surface area contributed by atoms with Gasteiger partial charge in [0.15, 0.2) is 0 Å². The molecule has 2 rings (SSSR count). The van der Waals surface area contributed by atoms with Crippen LogP contribution in [0.15, 0.2) is 18.2 Å². The number of hydrogen-bond acceptors (Lipinski definition) is 3. The van der Waals surface area contributed by atoms with Crippen molar-refractivity contribution in [2.24, 2.45) is 5.92 Å². The Morgan fingerprint density at radius 1 is 1.36 bits per heavy atom. The van der Waals surface area contributed by atoms with E-state index in [4.69, 9.17) is 4.74 Å². The van der Waals surface area contributed by atoms with Crippen LogP contribution in [0.5, 0.6) is 5.75 Å². The number of carbonyl (C=O) groups excluding carboxylic acids is 1. The number of carbonyl (C=O) groups is 1. The molecule has 1 N–H and O–H groups in total. The summed E-state index contributed by atoms with van der Waals surface area (Å²) >= 11 is 0. The molecular weight excluding hydrogens is 281 g/mol. The predicted octanol–water partition coefficient (Wildman–Crippen LogP) is 3.50. The van der Waals surface area contributed by atoms with Crippen LogP contribution in [0.25, 0.3) is 0 Å². The molecule has 0 bridgehead atoms. The van der Waals surface area contributed by atoms with Gasteiger partial charge in [-0.05, 0) is 43.5 Å². The zero-order valence-corrected chi connectivity index (χ0v) is 13.7. The van der Waals surface area contributed by atoms with E-state index in [2.05, 4.69) is 12.2 Å². The average Bonchev–Trinajstić information content (AvgIpc) is 2.42. The van der Waals surface area contributed by atoms with Crippen LogP contribution < -0.4 is 10.1 Å². The van der Waals surface area contributed by atoms with Gasteiger partial charge in [-0.3, -0.25) is 4.79 Å². The molecule has 0 heterocycles.